The monoisotopic (exact) mass is 289 g/mol. The van der Waals surface area contributed by atoms with Crippen molar-refractivity contribution in [3.63, 3.8) is 0 Å². The fourth-order valence-electron chi connectivity index (χ4n) is 1.82. The number of benzene rings is 1. The minimum absolute atomic E-state index is 0.0631. The lowest BCUT2D eigenvalue weighted by Crippen LogP contribution is -2.49. The van der Waals surface area contributed by atoms with Crippen LogP contribution < -0.4 is 0 Å². The average Bonchev–Trinajstić information content (AvgIpc) is 2.38. The molecule has 1 aromatic carbocycles. The van der Waals surface area contributed by atoms with Crippen molar-refractivity contribution < 1.29 is 22.7 Å². The molecular formula is C14H18F3NO2. The van der Waals surface area contributed by atoms with E-state index in [1.54, 1.807) is 37.3 Å². The third-order valence-electron chi connectivity index (χ3n) is 2.91. The molecule has 20 heavy (non-hydrogen) atoms. The van der Waals surface area contributed by atoms with Crippen LogP contribution >= 0.6 is 0 Å². The maximum Gasteiger partial charge on any atom is 0.460 e. The summed E-state index contributed by atoms with van der Waals surface area (Å²) in [6, 6.07) is 7.49. The zero-order valence-electron chi connectivity index (χ0n) is 11.5. The van der Waals surface area contributed by atoms with Crippen LogP contribution in [0.25, 0.3) is 0 Å². The second-order valence-electron chi connectivity index (χ2n) is 4.32. The molecule has 3 nitrogen and oxygen atoms in total. The predicted octanol–water partition coefficient (Wildman–Crippen LogP) is 3.00. The van der Waals surface area contributed by atoms with Gasteiger partial charge in [-0.05, 0) is 25.8 Å². The van der Waals surface area contributed by atoms with Crippen LogP contribution in [0.5, 0.6) is 0 Å². The number of hydrogen-bond acceptors (Lipinski definition) is 3. The van der Waals surface area contributed by atoms with Crippen molar-refractivity contribution in [2.75, 3.05) is 13.2 Å². The predicted molar refractivity (Wildman–Crippen MR) is 69.0 cm³/mol. The van der Waals surface area contributed by atoms with Gasteiger partial charge >= 0.3 is 12.3 Å². The van der Waals surface area contributed by atoms with Gasteiger partial charge in [0.25, 0.3) is 0 Å². The summed E-state index contributed by atoms with van der Waals surface area (Å²) in [5.41, 5.74) is 0.790. The molecule has 112 valence electrons. The molecule has 0 amide bonds. The normalized spacial score (nSPS) is 13.3. The van der Waals surface area contributed by atoms with E-state index in [9.17, 15) is 18.0 Å². The Balaban J connectivity index is 2.73. The van der Waals surface area contributed by atoms with Crippen molar-refractivity contribution in [2.24, 2.45) is 0 Å². The first-order valence-electron chi connectivity index (χ1n) is 6.40. The summed E-state index contributed by atoms with van der Waals surface area (Å²) in [7, 11) is 0. The fourth-order valence-corrected chi connectivity index (χ4v) is 1.82. The van der Waals surface area contributed by atoms with E-state index >= 15 is 0 Å². The molecule has 1 unspecified atom stereocenters. The first-order valence-corrected chi connectivity index (χ1v) is 6.40. The molecule has 0 heterocycles. The van der Waals surface area contributed by atoms with Crippen LogP contribution in [0.4, 0.5) is 13.2 Å². The van der Waals surface area contributed by atoms with Gasteiger partial charge in [-0.1, -0.05) is 30.3 Å². The van der Waals surface area contributed by atoms with Crippen LogP contribution in [-0.4, -0.2) is 36.4 Å². The van der Waals surface area contributed by atoms with Gasteiger partial charge in [-0.25, -0.2) is 4.90 Å². The van der Waals surface area contributed by atoms with E-state index in [1.807, 2.05) is 0 Å². The second kappa shape index (κ2) is 7.28. The standard InChI is InChI=1S/C14H18F3NO2/c1-3-20-13(19)11(2)18(14(15,16)17)10-9-12-7-5-4-6-8-12/h4-8,11H,3,9-10H2,1-2H3. The Morgan fingerprint density at radius 3 is 2.40 bits per heavy atom. The van der Waals surface area contributed by atoms with E-state index in [-0.39, 0.29) is 24.5 Å². The molecule has 1 atom stereocenters. The van der Waals surface area contributed by atoms with Crippen molar-refractivity contribution >= 4 is 5.97 Å². The summed E-state index contributed by atoms with van der Waals surface area (Å²) in [4.78, 5) is 11.7. The van der Waals surface area contributed by atoms with Gasteiger partial charge in [0.2, 0.25) is 0 Å². The van der Waals surface area contributed by atoms with E-state index in [0.717, 1.165) is 5.56 Å². The Bertz CT molecular complexity index is 420. The number of hydrogen-bond donors (Lipinski definition) is 0. The summed E-state index contributed by atoms with van der Waals surface area (Å²) in [5.74, 6) is -0.863. The summed E-state index contributed by atoms with van der Waals surface area (Å²) >= 11 is 0. The van der Waals surface area contributed by atoms with Crippen molar-refractivity contribution in [2.45, 2.75) is 32.6 Å². The van der Waals surface area contributed by atoms with Crippen LogP contribution in [0.3, 0.4) is 0 Å². The lowest BCUT2D eigenvalue weighted by atomic mass is 10.1. The summed E-state index contributed by atoms with van der Waals surface area (Å²) < 4.78 is 43.6. The number of alkyl halides is 3. The summed E-state index contributed by atoms with van der Waals surface area (Å²) in [6.45, 7) is 2.55. The third kappa shape index (κ3) is 4.85. The van der Waals surface area contributed by atoms with Gasteiger partial charge in [-0.2, -0.15) is 13.2 Å². The molecule has 0 aromatic heterocycles. The quantitative estimate of drug-likeness (QED) is 0.595. The van der Waals surface area contributed by atoms with Gasteiger partial charge < -0.3 is 4.74 Å². The van der Waals surface area contributed by atoms with Crippen LogP contribution in [0.15, 0.2) is 30.3 Å². The zero-order chi connectivity index (χ0) is 15.2. The van der Waals surface area contributed by atoms with Gasteiger partial charge in [0, 0.05) is 6.54 Å². The smallest absolute Gasteiger partial charge is 0.460 e. The number of carbonyl (C=O) groups excluding carboxylic acids is 1. The maximum absolute atomic E-state index is 13.0. The molecule has 0 aliphatic heterocycles. The zero-order valence-corrected chi connectivity index (χ0v) is 11.5. The Labute approximate surface area is 116 Å². The number of esters is 1. The highest BCUT2D eigenvalue weighted by Crippen LogP contribution is 2.24. The molecule has 0 radical (unpaired) electrons. The number of carbonyl (C=O) groups is 1. The first kappa shape index (κ1) is 16.5. The summed E-state index contributed by atoms with van der Waals surface area (Å²) in [6.07, 6.45) is -4.36. The van der Waals surface area contributed by atoms with Crippen molar-refractivity contribution in [3.05, 3.63) is 35.9 Å². The maximum atomic E-state index is 13.0. The van der Waals surface area contributed by atoms with Gasteiger partial charge in [-0.3, -0.25) is 4.79 Å². The highest BCUT2D eigenvalue weighted by atomic mass is 19.4. The van der Waals surface area contributed by atoms with Gasteiger partial charge in [0.05, 0.1) is 6.61 Å². The summed E-state index contributed by atoms with van der Waals surface area (Å²) in [5, 5.41) is 0. The van der Waals surface area contributed by atoms with E-state index in [1.165, 1.54) is 6.92 Å². The number of ether oxygens (including phenoxy) is 1. The molecule has 0 fully saturated rings. The second-order valence-corrected chi connectivity index (χ2v) is 4.32. The van der Waals surface area contributed by atoms with Crippen molar-refractivity contribution in [1.29, 1.82) is 0 Å². The van der Waals surface area contributed by atoms with Gasteiger partial charge in [0.15, 0.2) is 0 Å². The first-order chi connectivity index (χ1) is 9.36. The van der Waals surface area contributed by atoms with E-state index in [0.29, 0.717) is 0 Å². The number of rotatable bonds is 6. The van der Waals surface area contributed by atoms with Crippen molar-refractivity contribution in [3.8, 4) is 0 Å². The molecule has 0 saturated heterocycles. The lowest BCUT2D eigenvalue weighted by Gasteiger charge is -2.29. The molecule has 0 saturated carbocycles. The van der Waals surface area contributed by atoms with Crippen LogP contribution in [-0.2, 0) is 16.0 Å². The Hall–Kier alpha value is -1.56. The minimum Gasteiger partial charge on any atom is -0.465 e. The molecule has 1 aromatic rings. The number of nitrogens with zero attached hydrogens (tertiary/aromatic N) is 1. The highest BCUT2D eigenvalue weighted by Gasteiger charge is 2.42. The lowest BCUT2D eigenvalue weighted by molar-refractivity contribution is -0.257. The molecule has 0 aliphatic rings. The Morgan fingerprint density at radius 2 is 1.90 bits per heavy atom. The van der Waals surface area contributed by atoms with Gasteiger partial charge in [-0.15, -0.1) is 0 Å². The molecule has 0 aliphatic carbocycles. The van der Waals surface area contributed by atoms with E-state index < -0.39 is 18.3 Å². The average molecular weight is 289 g/mol. The van der Waals surface area contributed by atoms with Crippen LogP contribution in [0.1, 0.15) is 19.4 Å². The highest BCUT2D eigenvalue weighted by molar-refractivity contribution is 5.75. The van der Waals surface area contributed by atoms with E-state index in [4.69, 9.17) is 0 Å². The van der Waals surface area contributed by atoms with Crippen LogP contribution in [0.2, 0.25) is 0 Å². The van der Waals surface area contributed by atoms with E-state index in [2.05, 4.69) is 4.74 Å². The van der Waals surface area contributed by atoms with Crippen molar-refractivity contribution in [1.82, 2.24) is 4.90 Å². The Morgan fingerprint density at radius 1 is 1.30 bits per heavy atom. The largest absolute Gasteiger partial charge is 0.465 e. The topological polar surface area (TPSA) is 29.5 Å². The molecular weight excluding hydrogens is 271 g/mol. The molecule has 1 rings (SSSR count). The SMILES string of the molecule is CCOC(=O)C(C)N(CCc1ccccc1)C(F)(F)F. The Kier molecular flexibility index (Phi) is 6.01. The molecule has 6 heteroatoms. The molecule has 0 N–H and O–H groups in total. The van der Waals surface area contributed by atoms with Crippen LogP contribution in [0, 0.1) is 0 Å². The van der Waals surface area contributed by atoms with Gasteiger partial charge in [0.1, 0.15) is 6.04 Å². The third-order valence-corrected chi connectivity index (χ3v) is 2.91. The number of halogens is 3. The fraction of sp³-hybridized carbons (Fsp3) is 0.500. The molecule has 0 spiro atoms. The molecule has 0 bridgehead atoms. The minimum atomic E-state index is -4.57.